The summed E-state index contributed by atoms with van der Waals surface area (Å²) >= 11 is 0. The summed E-state index contributed by atoms with van der Waals surface area (Å²) in [4.78, 5) is 32.5. The van der Waals surface area contributed by atoms with E-state index in [2.05, 4.69) is 6.92 Å². The van der Waals surface area contributed by atoms with Crippen LogP contribution in [0.25, 0.3) is 0 Å². The molecule has 0 spiro atoms. The third kappa shape index (κ3) is 24.9. The molecule has 10 nitrogen and oxygen atoms in total. The van der Waals surface area contributed by atoms with Gasteiger partial charge in [0.15, 0.2) is 0 Å². The molecule has 0 amide bonds. The quantitative estimate of drug-likeness (QED) is 0.112. The average molecular weight is 479 g/mol. The number of Topliss-reactive ketones (excluding diaryl/α,β-unsaturated/α-hetero) is 1. The normalized spacial score (nSPS) is 10.9. The monoisotopic (exact) mass is 478 g/mol. The lowest BCUT2D eigenvalue weighted by atomic mass is 10.1. The van der Waals surface area contributed by atoms with Gasteiger partial charge in [0.05, 0.1) is 65.9 Å². The molecule has 0 fully saturated rings. The van der Waals surface area contributed by atoms with Crippen LogP contribution in [0.5, 0.6) is 0 Å². The summed E-state index contributed by atoms with van der Waals surface area (Å²) in [7, 11) is 0. The first-order valence-electron chi connectivity index (χ1n) is 11.9. The lowest BCUT2D eigenvalue weighted by Gasteiger charge is -2.08. The van der Waals surface area contributed by atoms with Crippen molar-refractivity contribution in [1.29, 1.82) is 0 Å². The van der Waals surface area contributed by atoms with Crippen LogP contribution in [0.15, 0.2) is 0 Å². The van der Waals surface area contributed by atoms with Gasteiger partial charge in [-0.3, -0.25) is 9.59 Å². The van der Waals surface area contributed by atoms with Crippen molar-refractivity contribution in [1.82, 2.24) is 0 Å². The van der Waals surface area contributed by atoms with Crippen LogP contribution >= 0.6 is 0 Å². The zero-order valence-corrected chi connectivity index (χ0v) is 20.1. The van der Waals surface area contributed by atoms with Gasteiger partial charge in [0, 0.05) is 13.0 Å². The molecule has 0 radical (unpaired) electrons. The number of rotatable bonds is 26. The van der Waals surface area contributed by atoms with E-state index in [1.807, 2.05) is 0 Å². The van der Waals surface area contributed by atoms with Gasteiger partial charge in [-0.25, -0.2) is 4.79 Å². The first-order chi connectivity index (χ1) is 16.1. The van der Waals surface area contributed by atoms with Crippen LogP contribution in [0, 0.1) is 0 Å². The van der Waals surface area contributed by atoms with Gasteiger partial charge in [-0.1, -0.05) is 39.0 Å². The second kappa shape index (κ2) is 25.0. The first-order valence-corrected chi connectivity index (χ1v) is 11.9. The topological polar surface area (TPSA) is 127 Å². The molecule has 0 saturated heterocycles. The molecular formula is C23H42O10. The highest BCUT2D eigenvalue weighted by molar-refractivity contribution is 6.32. The Morgan fingerprint density at radius 3 is 1.45 bits per heavy atom. The minimum atomic E-state index is -1.55. The van der Waals surface area contributed by atoms with E-state index in [0.29, 0.717) is 52.9 Å². The molecule has 0 rings (SSSR count). The molecule has 0 heterocycles. The van der Waals surface area contributed by atoms with E-state index in [-0.39, 0.29) is 26.1 Å². The summed E-state index contributed by atoms with van der Waals surface area (Å²) in [6.07, 6.45) is 6.94. The minimum absolute atomic E-state index is 0.0350. The zero-order chi connectivity index (χ0) is 24.4. The predicted octanol–water partition coefficient (Wildman–Crippen LogP) is 2.41. The second-order valence-corrected chi connectivity index (χ2v) is 7.28. The molecular weight excluding hydrogens is 436 g/mol. The molecule has 194 valence electrons. The van der Waals surface area contributed by atoms with Crippen molar-refractivity contribution in [3.8, 4) is 0 Å². The summed E-state index contributed by atoms with van der Waals surface area (Å²) in [6.45, 7) is 7.09. The Labute approximate surface area is 197 Å². The first kappa shape index (κ1) is 31.4. The zero-order valence-electron chi connectivity index (χ0n) is 20.1. The number of unbranched alkanes of at least 4 members (excludes halogenated alkanes) is 5. The number of ketones is 1. The Bertz CT molecular complexity index is 484. The van der Waals surface area contributed by atoms with E-state index in [9.17, 15) is 14.4 Å². The highest BCUT2D eigenvalue weighted by Crippen LogP contribution is 2.04. The maximum absolute atomic E-state index is 11.3. The van der Waals surface area contributed by atoms with Gasteiger partial charge >= 0.3 is 11.9 Å². The molecule has 0 bridgehead atoms. The fraction of sp³-hybridized carbons (Fsp3) is 0.870. The van der Waals surface area contributed by atoms with Crippen LogP contribution < -0.4 is 0 Å². The van der Waals surface area contributed by atoms with E-state index < -0.39 is 17.7 Å². The highest BCUT2D eigenvalue weighted by atomic mass is 16.6. The molecule has 33 heavy (non-hydrogen) atoms. The molecule has 0 aliphatic heterocycles. The highest BCUT2D eigenvalue weighted by Gasteiger charge is 2.14. The fourth-order valence-electron chi connectivity index (χ4n) is 2.58. The predicted molar refractivity (Wildman–Crippen MR) is 120 cm³/mol. The van der Waals surface area contributed by atoms with Crippen LogP contribution in [0.2, 0.25) is 0 Å². The van der Waals surface area contributed by atoms with Crippen molar-refractivity contribution in [2.24, 2.45) is 0 Å². The van der Waals surface area contributed by atoms with Crippen LogP contribution in [0.3, 0.4) is 0 Å². The molecule has 0 aliphatic rings. The smallest absolute Gasteiger partial charge is 0.372 e. The molecule has 1 N–H and O–H groups in total. The lowest BCUT2D eigenvalue weighted by molar-refractivity contribution is -0.151. The summed E-state index contributed by atoms with van der Waals surface area (Å²) < 4.78 is 31.8. The summed E-state index contributed by atoms with van der Waals surface area (Å²) in [6, 6.07) is 0. The lowest BCUT2D eigenvalue weighted by Crippen LogP contribution is -2.17. The molecule has 0 unspecified atom stereocenters. The molecule has 0 aromatic carbocycles. The third-order valence-electron chi connectivity index (χ3n) is 4.42. The number of carboxylic acids is 1. The number of carbonyl (C=O) groups is 3. The number of carbonyl (C=O) groups excluding carboxylic acids is 2. The molecule has 10 heteroatoms. The van der Waals surface area contributed by atoms with Gasteiger partial charge in [0.25, 0.3) is 0 Å². The number of hydrogen-bond donors (Lipinski definition) is 1. The van der Waals surface area contributed by atoms with Crippen molar-refractivity contribution < 1.29 is 47.9 Å². The standard InChI is InChI=1S/C23H42O10/c1-2-3-4-5-6-7-10-28-11-12-29-13-14-30-15-16-31-17-18-32-19-20-33-22(25)9-8-21(24)23(26)27/h2-20H2,1H3,(H,26,27). The van der Waals surface area contributed by atoms with Gasteiger partial charge in [-0.05, 0) is 6.42 Å². The molecule has 0 aromatic heterocycles. The number of aliphatic carboxylic acids is 1. The summed E-state index contributed by atoms with van der Waals surface area (Å²) in [5.41, 5.74) is 0. The van der Waals surface area contributed by atoms with Gasteiger partial charge < -0.3 is 33.5 Å². The number of ether oxygens (including phenoxy) is 6. The van der Waals surface area contributed by atoms with E-state index in [1.165, 1.54) is 32.1 Å². The van der Waals surface area contributed by atoms with Gasteiger partial charge in [0.1, 0.15) is 6.61 Å². The number of carboxylic acid groups (broad SMARTS) is 1. The van der Waals surface area contributed by atoms with Crippen LogP contribution in [-0.4, -0.2) is 95.5 Å². The average Bonchev–Trinajstić information content (AvgIpc) is 2.80. The van der Waals surface area contributed by atoms with E-state index in [1.54, 1.807) is 0 Å². The van der Waals surface area contributed by atoms with Crippen molar-refractivity contribution in [2.75, 3.05) is 72.7 Å². The maximum atomic E-state index is 11.3. The van der Waals surface area contributed by atoms with Crippen molar-refractivity contribution in [2.45, 2.75) is 58.3 Å². The Hall–Kier alpha value is -1.59. The Balaban J connectivity index is 3.15. The largest absolute Gasteiger partial charge is 0.476 e. The van der Waals surface area contributed by atoms with Crippen molar-refractivity contribution >= 4 is 17.7 Å². The van der Waals surface area contributed by atoms with E-state index in [4.69, 9.17) is 33.5 Å². The molecule has 0 aromatic rings. The Morgan fingerprint density at radius 2 is 0.970 bits per heavy atom. The van der Waals surface area contributed by atoms with Gasteiger partial charge in [-0.15, -0.1) is 0 Å². The van der Waals surface area contributed by atoms with E-state index >= 15 is 0 Å². The van der Waals surface area contributed by atoms with Crippen molar-refractivity contribution in [3.05, 3.63) is 0 Å². The fourth-order valence-corrected chi connectivity index (χ4v) is 2.58. The third-order valence-corrected chi connectivity index (χ3v) is 4.42. The van der Waals surface area contributed by atoms with Gasteiger partial charge in [0.2, 0.25) is 5.78 Å². The number of hydrogen-bond acceptors (Lipinski definition) is 9. The maximum Gasteiger partial charge on any atom is 0.372 e. The Kier molecular flexibility index (Phi) is 23.8. The van der Waals surface area contributed by atoms with Crippen LogP contribution in [0.4, 0.5) is 0 Å². The van der Waals surface area contributed by atoms with E-state index in [0.717, 1.165) is 13.0 Å². The molecule has 0 atom stereocenters. The van der Waals surface area contributed by atoms with Crippen LogP contribution in [0.1, 0.15) is 58.3 Å². The minimum Gasteiger partial charge on any atom is -0.476 e. The summed E-state index contributed by atoms with van der Waals surface area (Å²) in [5, 5.41) is 8.41. The Morgan fingerprint density at radius 1 is 0.545 bits per heavy atom. The van der Waals surface area contributed by atoms with Gasteiger partial charge in [-0.2, -0.15) is 0 Å². The molecule has 0 saturated carbocycles. The molecule has 0 aliphatic carbocycles. The summed E-state index contributed by atoms with van der Waals surface area (Å²) in [5.74, 6) is -3.20. The SMILES string of the molecule is CCCCCCCCOCCOCCOCCOCCOCCOC(=O)CCC(=O)C(=O)O. The van der Waals surface area contributed by atoms with Crippen LogP contribution in [-0.2, 0) is 42.8 Å². The van der Waals surface area contributed by atoms with Crippen molar-refractivity contribution in [3.63, 3.8) is 0 Å². The number of esters is 1. The second-order valence-electron chi connectivity index (χ2n) is 7.28.